The first kappa shape index (κ1) is 25.1. The number of sulfonamides is 1. The number of benzene rings is 1. The first-order valence-corrected chi connectivity index (χ1v) is 13.8. The minimum atomic E-state index is -3.86. The molecule has 1 amide bonds. The second-order valence-corrected chi connectivity index (χ2v) is 12.1. The van der Waals surface area contributed by atoms with Gasteiger partial charge in [0.25, 0.3) is 10.2 Å². The first-order chi connectivity index (χ1) is 14.0. The second kappa shape index (κ2) is 10.4. The van der Waals surface area contributed by atoms with Crippen molar-refractivity contribution in [3.63, 3.8) is 0 Å². The number of nitrogens with one attached hydrogen (secondary N) is 1. The highest BCUT2D eigenvalue weighted by molar-refractivity contribution is 7.98. The van der Waals surface area contributed by atoms with Crippen molar-refractivity contribution in [2.24, 2.45) is 0 Å². The van der Waals surface area contributed by atoms with Crippen LogP contribution in [-0.4, -0.2) is 94.6 Å². The van der Waals surface area contributed by atoms with E-state index >= 15 is 0 Å². The zero-order valence-corrected chi connectivity index (χ0v) is 20.2. The number of carbonyl (C=O) groups is 1. The standard InChI is InChI=1S/C18H30N4O5S3/c1-15-5-7-16(8-6-15)29(24,25)19-17(9-14-28-4)18(23)21-10-12-22(13-11-21)30(26,27)20(2)3/h5-8,17,19H,9-14H2,1-4H3. The summed E-state index contributed by atoms with van der Waals surface area (Å²) in [6.45, 7) is 2.64. The number of rotatable bonds is 9. The number of hydrogen-bond acceptors (Lipinski definition) is 6. The zero-order chi connectivity index (χ0) is 22.5. The van der Waals surface area contributed by atoms with E-state index in [-0.39, 0.29) is 37.0 Å². The van der Waals surface area contributed by atoms with Crippen LogP contribution in [0.5, 0.6) is 0 Å². The fourth-order valence-corrected chi connectivity index (χ4v) is 5.81. The SMILES string of the molecule is CSCCC(NS(=O)(=O)c1ccc(C)cc1)C(=O)N1CCN(S(=O)(=O)N(C)C)CC1. The van der Waals surface area contributed by atoms with E-state index in [2.05, 4.69) is 4.72 Å². The third-order valence-corrected chi connectivity index (χ3v) is 8.95. The summed E-state index contributed by atoms with van der Waals surface area (Å²) in [7, 11) is -4.47. The molecule has 1 aliphatic heterocycles. The van der Waals surface area contributed by atoms with Crippen LogP contribution in [0.1, 0.15) is 12.0 Å². The van der Waals surface area contributed by atoms with Gasteiger partial charge in [-0.25, -0.2) is 8.42 Å². The largest absolute Gasteiger partial charge is 0.339 e. The van der Waals surface area contributed by atoms with Gasteiger partial charge in [0.2, 0.25) is 15.9 Å². The van der Waals surface area contributed by atoms with Crippen LogP contribution >= 0.6 is 11.8 Å². The van der Waals surface area contributed by atoms with Crippen LogP contribution in [-0.2, 0) is 25.0 Å². The van der Waals surface area contributed by atoms with Gasteiger partial charge in [0.1, 0.15) is 6.04 Å². The molecule has 9 nitrogen and oxygen atoms in total. The van der Waals surface area contributed by atoms with E-state index in [0.29, 0.717) is 12.2 Å². The minimum Gasteiger partial charge on any atom is -0.339 e. The van der Waals surface area contributed by atoms with Crippen molar-refractivity contribution in [1.29, 1.82) is 0 Å². The number of thioether (sulfide) groups is 1. The maximum absolute atomic E-state index is 13.1. The van der Waals surface area contributed by atoms with Crippen molar-refractivity contribution >= 4 is 37.9 Å². The van der Waals surface area contributed by atoms with E-state index < -0.39 is 26.3 Å². The Morgan fingerprint density at radius 3 is 2.17 bits per heavy atom. The molecule has 1 atom stereocenters. The van der Waals surface area contributed by atoms with Crippen LogP contribution in [0.2, 0.25) is 0 Å². The number of amides is 1. The summed E-state index contributed by atoms with van der Waals surface area (Å²) in [4.78, 5) is 14.7. The van der Waals surface area contributed by atoms with E-state index in [1.165, 1.54) is 47.2 Å². The lowest BCUT2D eigenvalue weighted by atomic mass is 10.2. The first-order valence-electron chi connectivity index (χ1n) is 9.53. The Labute approximate surface area is 184 Å². The highest BCUT2D eigenvalue weighted by atomic mass is 32.2. The Hall–Kier alpha value is -1.18. The molecule has 0 saturated carbocycles. The lowest BCUT2D eigenvalue weighted by molar-refractivity contribution is -0.134. The highest BCUT2D eigenvalue weighted by Gasteiger charge is 2.34. The fourth-order valence-electron chi connectivity index (χ4n) is 3.03. The monoisotopic (exact) mass is 478 g/mol. The summed E-state index contributed by atoms with van der Waals surface area (Å²) in [5, 5.41) is 0. The van der Waals surface area contributed by atoms with Crippen LogP contribution in [0, 0.1) is 6.92 Å². The Morgan fingerprint density at radius 2 is 1.67 bits per heavy atom. The van der Waals surface area contributed by atoms with Gasteiger partial charge in [-0.2, -0.15) is 33.5 Å². The molecule has 0 radical (unpaired) electrons. The Balaban J connectivity index is 2.11. The van der Waals surface area contributed by atoms with Crippen LogP contribution in [0.25, 0.3) is 0 Å². The second-order valence-electron chi connectivity index (χ2n) is 7.28. The molecule has 0 spiro atoms. The van der Waals surface area contributed by atoms with Gasteiger partial charge in [0.15, 0.2) is 0 Å². The lowest BCUT2D eigenvalue weighted by Gasteiger charge is -2.36. The maximum atomic E-state index is 13.1. The predicted molar refractivity (Wildman–Crippen MR) is 119 cm³/mol. The molecule has 1 aromatic rings. The molecule has 1 unspecified atom stereocenters. The molecule has 1 saturated heterocycles. The smallest absolute Gasteiger partial charge is 0.281 e. The number of carbonyl (C=O) groups excluding carboxylic acids is 1. The molecule has 30 heavy (non-hydrogen) atoms. The van der Waals surface area contributed by atoms with Crippen molar-refractivity contribution in [1.82, 2.24) is 18.2 Å². The number of piperazine rings is 1. The van der Waals surface area contributed by atoms with Crippen molar-refractivity contribution in [3.8, 4) is 0 Å². The molecule has 2 rings (SSSR count). The summed E-state index contributed by atoms with van der Waals surface area (Å²) in [5.74, 6) is 0.281. The van der Waals surface area contributed by atoms with E-state index in [4.69, 9.17) is 0 Å². The molecule has 0 bridgehead atoms. The average molecular weight is 479 g/mol. The molecular weight excluding hydrogens is 448 g/mol. The molecule has 1 fully saturated rings. The molecule has 170 valence electrons. The van der Waals surface area contributed by atoms with Crippen LogP contribution in [0.4, 0.5) is 0 Å². The van der Waals surface area contributed by atoms with Gasteiger partial charge in [-0.3, -0.25) is 4.79 Å². The normalized spacial score (nSPS) is 17.3. The molecule has 0 aromatic heterocycles. The van der Waals surface area contributed by atoms with Crippen molar-refractivity contribution in [2.75, 3.05) is 52.3 Å². The number of nitrogens with zero attached hydrogens (tertiary/aromatic N) is 3. The summed E-state index contributed by atoms with van der Waals surface area (Å²) < 4.78 is 55.1. The summed E-state index contributed by atoms with van der Waals surface area (Å²) in [6, 6.07) is 5.54. The van der Waals surface area contributed by atoms with Gasteiger partial charge < -0.3 is 4.90 Å². The summed E-state index contributed by atoms with van der Waals surface area (Å²) in [5.41, 5.74) is 0.939. The Bertz CT molecular complexity index is 925. The van der Waals surface area contributed by atoms with E-state index in [0.717, 1.165) is 9.87 Å². The predicted octanol–water partition coefficient (Wildman–Crippen LogP) is 0.346. The molecule has 1 heterocycles. The minimum absolute atomic E-state index is 0.108. The molecule has 1 aromatic carbocycles. The van der Waals surface area contributed by atoms with E-state index in [1.807, 2.05) is 13.2 Å². The molecule has 12 heteroatoms. The van der Waals surface area contributed by atoms with Gasteiger partial charge >= 0.3 is 0 Å². The maximum Gasteiger partial charge on any atom is 0.281 e. The highest BCUT2D eigenvalue weighted by Crippen LogP contribution is 2.15. The van der Waals surface area contributed by atoms with Gasteiger partial charge in [-0.15, -0.1) is 0 Å². The van der Waals surface area contributed by atoms with Gasteiger partial charge in [0.05, 0.1) is 4.90 Å². The van der Waals surface area contributed by atoms with Crippen LogP contribution in [0.3, 0.4) is 0 Å². The molecule has 1 aliphatic rings. The van der Waals surface area contributed by atoms with Crippen LogP contribution < -0.4 is 4.72 Å². The summed E-state index contributed by atoms with van der Waals surface area (Å²) in [6.07, 6.45) is 2.24. The summed E-state index contributed by atoms with van der Waals surface area (Å²) >= 11 is 1.53. The van der Waals surface area contributed by atoms with E-state index in [9.17, 15) is 21.6 Å². The molecule has 0 aliphatic carbocycles. The fraction of sp³-hybridized carbons (Fsp3) is 0.611. The average Bonchev–Trinajstić information content (AvgIpc) is 2.70. The van der Waals surface area contributed by atoms with Crippen LogP contribution in [0.15, 0.2) is 29.2 Å². The zero-order valence-electron chi connectivity index (χ0n) is 17.7. The third-order valence-electron chi connectivity index (χ3n) is 4.88. The topological polar surface area (TPSA) is 107 Å². The van der Waals surface area contributed by atoms with Gasteiger partial charge in [0, 0.05) is 40.3 Å². The van der Waals surface area contributed by atoms with Gasteiger partial charge in [-0.1, -0.05) is 17.7 Å². The molecule has 1 N–H and O–H groups in total. The lowest BCUT2D eigenvalue weighted by Crippen LogP contribution is -2.57. The third kappa shape index (κ3) is 6.17. The van der Waals surface area contributed by atoms with Crippen molar-refractivity contribution in [2.45, 2.75) is 24.3 Å². The van der Waals surface area contributed by atoms with Crippen molar-refractivity contribution in [3.05, 3.63) is 29.8 Å². The Kier molecular flexibility index (Phi) is 8.71. The number of aryl methyl sites for hydroxylation is 1. The van der Waals surface area contributed by atoms with E-state index in [1.54, 1.807) is 12.1 Å². The van der Waals surface area contributed by atoms with Crippen molar-refractivity contribution < 1.29 is 21.6 Å². The quantitative estimate of drug-likeness (QED) is 0.549. The Morgan fingerprint density at radius 1 is 1.10 bits per heavy atom. The van der Waals surface area contributed by atoms with Gasteiger partial charge in [-0.05, 0) is 37.5 Å². The molecular formula is C18H30N4O5S3. The number of hydrogen-bond donors (Lipinski definition) is 1.